The molecule has 0 heterocycles. The molecule has 2 aromatic rings. The second kappa shape index (κ2) is 8.64. The van der Waals surface area contributed by atoms with E-state index in [0.717, 1.165) is 17.8 Å². The van der Waals surface area contributed by atoms with Gasteiger partial charge in [0.1, 0.15) is 5.82 Å². The number of halogens is 1. The number of benzene rings is 2. The Bertz CT molecular complexity index is 653. The predicted octanol–water partition coefficient (Wildman–Crippen LogP) is 4.55. The molecule has 0 aliphatic carbocycles. The summed E-state index contributed by atoms with van der Waals surface area (Å²) >= 11 is 5.30. The maximum atomic E-state index is 12.9. The van der Waals surface area contributed by atoms with Crippen molar-refractivity contribution < 1.29 is 4.39 Å². The molecule has 0 aromatic heterocycles. The molecule has 2 N–H and O–H groups in total. The molecule has 0 saturated heterocycles. The van der Waals surface area contributed by atoms with Crippen LogP contribution in [0.25, 0.3) is 0 Å². The van der Waals surface area contributed by atoms with Crippen molar-refractivity contribution in [2.75, 3.05) is 16.8 Å². The van der Waals surface area contributed by atoms with E-state index in [0.29, 0.717) is 17.7 Å². The Morgan fingerprint density at radius 3 is 2.25 bits per heavy atom. The second-order valence-corrected chi connectivity index (χ2v) is 6.27. The lowest BCUT2D eigenvalue weighted by Crippen LogP contribution is -2.30. The minimum absolute atomic E-state index is 0.234. The van der Waals surface area contributed by atoms with Gasteiger partial charge in [-0.05, 0) is 75.0 Å². The molecule has 0 radical (unpaired) electrons. The summed E-state index contributed by atoms with van der Waals surface area (Å²) in [7, 11) is 0. The Morgan fingerprint density at radius 1 is 1.08 bits per heavy atom. The lowest BCUT2D eigenvalue weighted by Gasteiger charge is -2.27. The van der Waals surface area contributed by atoms with Crippen LogP contribution < -0.4 is 15.5 Å². The molecule has 0 saturated carbocycles. The molecular formula is C19H24FN3S. The average molecular weight is 345 g/mol. The van der Waals surface area contributed by atoms with E-state index in [1.165, 1.54) is 17.8 Å². The van der Waals surface area contributed by atoms with Crippen molar-refractivity contribution in [1.82, 2.24) is 5.32 Å². The zero-order valence-corrected chi connectivity index (χ0v) is 15.2. The summed E-state index contributed by atoms with van der Waals surface area (Å²) in [6.07, 6.45) is 0. The van der Waals surface area contributed by atoms with E-state index in [4.69, 9.17) is 12.2 Å². The third-order valence-electron chi connectivity index (χ3n) is 3.79. The molecule has 0 bridgehead atoms. The Kier molecular flexibility index (Phi) is 6.55. The highest BCUT2D eigenvalue weighted by atomic mass is 32.1. The van der Waals surface area contributed by atoms with Gasteiger partial charge in [-0.25, -0.2) is 4.39 Å². The second-order valence-electron chi connectivity index (χ2n) is 5.86. The highest BCUT2D eigenvalue weighted by Gasteiger charge is 2.08. The lowest BCUT2D eigenvalue weighted by molar-refractivity contribution is 0.627. The van der Waals surface area contributed by atoms with Gasteiger partial charge in [0.05, 0.1) is 0 Å². The molecule has 0 aliphatic heterocycles. The first-order chi connectivity index (χ1) is 11.5. The van der Waals surface area contributed by atoms with Crippen molar-refractivity contribution in [3.63, 3.8) is 0 Å². The molecule has 24 heavy (non-hydrogen) atoms. The third-order valence-corrected chi connectivity index (χ3v) is 4.03. The molecule has 5 heteroatoms. The van der Waals surface area contributed by atoms with Crippen molar-refractivity contribution in [2.24, 2.45) is 0 Å². The number of nitrogens with one attached hydrogen (secondary N) is 2. The minimum atomic E-state index is -0.234. The van der Waals surface area contributed by atoms with Crippen LogP contribution in [0.4, 0.5) is 15.8 Å². The van der Waals surface area contributed by atoms with Crippen LogP contribution in [-0.4, -0.2) is 17.7 Å². The standard InChI is InChI=1S/C19H24FN3S/c1-4-23(14(2)3)18-11-9-17(10-12-18)22-19(24)21-13-15-5-7-16(20)8-6-15/h5-12,14H,4,13H2,1-3H3,(H2,21,22,24). The summed E-state index contributed by atoms with van der Waals surface area (Å²) in [6, 6.07) is 15.1. The van der Waals surface area contributed by atoms with E-state index in [1.54, 1.807) is 12.1 Å². The number of nitrogens with zero attached hydrogens (tertiary/aromatic N) is 1. The average Bonchev–Trinajstić information content (AvgIpc) is 2.56. The van der Waals surface area contributed by atoms with Crippen molar-refractivity contribution >= 4 is 28.7 Å². The van der Waals surface area contributed by atoms with Crippen LogP contribution in [0.15, 0.2) is 48.5 Å². The van der Waals surface area contributed by atoms with Gasteiger partial charge in [-0.3, -0.25) is 0 Å². The van der Waals surface area contributed by atoms with Gasteiger partial charge in [0.2, 0.25) is 0 Å². The van der Waals surface area contributed by atoms with Gasteiger partial charge in [0.25, 0.3) is 0 Å². The zero-order chi connectivity index (χ0) is 17.5. The maximum Gasteiger partial charge on any atom is 0.171 e. The Hall–Kier alpha value is -2.14. The molecule has 2 rings (SSSR count). The molecule has 0 aliphatic rings. The maximum absolute atomic E-state index is 12.9. The highest BCUT2D eigenvalue weighted by molar-refractivity contribution is 7.80. The molecule has 3 nitrogen and oxygen atoms in total. The smallest absolute Gasteiger partial charge is 0.171 e. The predicted molar refractivity (Wildman–Crippen MR) is 104 cm³/mol. The van der Waals surface area contributed by atoms with Crippen LogP contribution in [-0.2, 0) is 6.54 Å². The molecular weight excluding hydrogens is 321 g/mol. The van der Waals surface area contributed by atoms with E-state index in [2.05, 4.69) is 48.4 Å². The molecule has 0 unspecified atom stereocenters. The SMILES string of the molecule is CCN(c1ccc(NC(=S)NCc2ccc(F)cc2)cc1)C(C)C. The first-order valence-electron chi connectivity index (χ1n) is 8.15. The largest absolute Gasteiger partial charge is 0.369 e. The third kappa shape index (κ3) is 5.20. The normalized spacial score (nSPS) is 10.5. The monoisotopic (exact) mass is 345 g/mol. The summed E-state index contributed by atoms with van der Waals surface area (Å²) in [4.78, 5) is 2.33. The zero-order valence-electron chi connectivity index (χ0n) is 14.3. The van der Waals surface area contributed by atoms with Crippen molar-refractivity contribution in [2.45, 2.75) is 33.4 Å². The van der Waals surface area contributed by atoms with Gasteiger partial charge in [-0.15, -0.1) is 0 Å². The van der Waals surface area contributed by atoms with Crippen LogP contribution in [0.3, 0.4) is 0 Å². The minimum Gasteiger partial charge on any atom is -0.369 e. The first-order valence-corrected chi connectivity index (χ1v) is 8.56. The van der Waals surface area contributed by atoms with Crippen molar-refractivity contribution in [3.8, 4) is 0 Å². The van der Waals surface area contributed by atoms with Crippen molar-refractivity contribution in [1.29, 1.82) is 0 Å². The molecule has 0 spiro atoms. The number of anilines is 2. The number of thiocarbonyl (C=S) groups is 1. The Balaban J connectivity index is 1.88. The van der Waals surface area contributed by atoms with Crippen LogP contribution in [0.1, 0.15) is 26.3 Å². The highest BCUT2D eigenvalue weighted by Crippen LogP contribution is 2.19. The van der Waals surface area contributed by atoms with E-state index < -0.39 is 0 Å². The van der Waals surface area contributed by atoms with Crippen molar-refractivity contribution in [3.05, 3.63) is 59.9 Å². The fourth-order valence-corrected chi connectivity index (χ4v) is 2.73. The number of hydrogen-bond acceptors (Lipinski definition) is 2. The van der Waals surface area contributed by atoms with E-state index in [9.17, 15) is 4.39 Å². The fraction of sp³-hybridized carbons (Fsp3) is 0.316. The summed E-state index contributed by atoms with van der Waals surface area (Å²) in [5, 5.41) is 6.83. The molecule has 0 fully saturated rings. The van der Waals surface area contributed by atoms with Gasteiger partial charge >= 0.3 is 0 Å². The lowest BCUT2D eigenvalue weighted by atomic mass is 10.2. The first kappa shape index (κ1) is 18.2. The van der Waals surface area contributed by atoms with Gasteiger partial charge in [0.15, 0.2) is 5.11 Å². The Labute approximate surface area is 148 Å². The quantitative estimate of drug-likeness (QED) is 0.751. The van der Waals surface area contributed by atoms with Gasteiger partial charge < -0.3 is 15.5 Å². The van der Waals surface area contributed by atoms with Crippen LogP contribution in [0.2, 0.25) is 0 Å². The van der Waals surface area contributed by atoms with E-state index >= 15 is 0 Å². The molecule has 2 aromatic carbocycles. The van der Waals surface area contributed by atoms with Gasteiger partial charge in [-0.1, -0.05) is 12.1 Å². The summed E-state index contributed by atoms with van der Waals surface area (Å²) in [5.41, 5.74) is 3.12. The summed E-state index contributed by atoms with van der Waals surface area (Å²) in [5.74, 6) is -0.234. The van der Waals surface area contributed by atoms with Gasteiger partial charge in [-0.2, -0.15) is 0 Å². The van der Waals surface area contributed by atoms with E-state index in [-0.39, 0.29) is 5.82 Å². The van der Waals surface area contributed by atoms with Crippen LogP contribution in [0, 0.1) is 5.82 Å². The Morgan fingerprint density at radius 2 is 1.71 bits per heavy atom. The van der Waals surface area contributed by atoms with Crippen LogP contribution in [0.5, 0.6) is 0 Å². The summed E-state index contributed by atoms with van der Waals surface area (Å²) in [6.45, 7) is 8.05. The summed E-state index contributed by atoms with van der Waals surface area (Å²) < 4.78 is 12.9. The topological polar surface area (TPSA) is 27.3 Å². The molecule has 0 atom stereocenters. The molecule has 128 valence electrons. The van der Waals surface area contributed by atoms with E-state index in [1.807, 2.05) is 12.1 Å². The number of rotatable bonds is 6. The van der Waals surface area contributed by atoms with Crippen LogP contribution >= 0.6 is 12.2 Å². The molecule has 0 amide bonds. The van der Waals surface area contributed by atoms with Gasteiger partial charge in [0, 0.05) is 30.5 Å². The fourth-order valence-electron chi connectivity index (χ4n) is 2.54. The number of hydrogen-bond donors (Lipinski definition) is 2.